The summed E-state index contributed by atoms with van der Waals surface area (Å²) in [4.78, 5) is 22.5. The van der Waals surface area contributed by atoms with Crippen molar-refractivity contribution in [3.63, 3.8) is 0 Å². The molecule has 3 N–H and O–H groups in total. The van der Waals surface area contributed by atoms with Crippen LogP contribution in [0.4, 0.5) is 18.4 Å². The van der Waals surface area contributed by atoms with Crippen molar-refractivity contribution in [1.29, 1.82) is 0 Å². The molecule has 25 heavy (non-hydrogen) atoms. The van der Waals surface area contributed by atoms with E-state index in [0.717, 1.165) is 7.11 Å². The highest BCUT2D eigenvalue weighted by atomic mass is 19.3. The van der Waals surface area contributed by atoms with Crippen molar-refractivity contribution in [2.45, 2.75) is 26.2 Å². The van der Waals surface area contributed by atoms with Crippen molar-refractivity contribution in [3.05, 3.63) is 0 Å². The van der Waals surface area contributed by atoms with Crippen molar-refractivity contribution < 1.29 is 42.1 Å². The molecule has 0 aromatic carbocycles. The van der Waals surface area contributed by atoms with Gasteiger partial charge in [0, 0.05) is 13.7 Å². The number of carbonyl (C=O) groups is 2. The molecule has 0 spiro atoms. The first-order valence-corrected chi connectivity index (χ1v) is 7.51. The molecule has 0 aliphatic rings. The molecular weight excluding hydrogens is 348 g/mol. The van der Waals surface area contributed by atoms with E-state index in [4.69, 9.17) is 14.2 Å². The average Bonchev–Trinajstić information content (AvgIpc) is 2.57. The molecule has 0 bridgehead atoms. The van der Waals surface area contributed by atoms with Crippen LogP contribution in [0.2, 0.25) is 0 Å². The molecule has 0 aliphatic carbocycles. The first-order valence-electron chi connectivity index (χ1n) is 7.51. The van der Waals surface area contributed by atoms with E-state index in [0.29, 0.717) is 6.61 Å². The van der Waals surface area contributed by atoms with E-state index in [-0.39, 0.29) is 26.6 Å². The van der Waals surface area contributed by atoms with E-state index in [1.165, 1.54) is 0 Å². The smallest absolute Gasteiger partial charge is 0.408 e. The predicted molar refractivity (Wildman–Crippen MR) is 80.8 cm³/mol. The standard InChI is InChI=1S/C13H25F2N3O7/c1-4-22-9-18-10(25-7-13(14,15)21-3)6-24-12(20)17-8-16-11(19)23-5-2/h10,18H,4-9H2,1-3H3,(H,16,19)(H,17,20). The van der Waals surface area contributed by atoms with Crippen molar-refractivity contribution in [2.75, 3.05) is 46.9 Å². The third-order valence-electron chi connectivity index (χ3n) is 2.48. The lowest BCUT2D eigenvalue weighted by Crippen LogP contribution is -2.43. The topological polar surface area (TPSA) is 116 Å². The molecule has 10 nitrogen and oxygen atoms in total. The monoisotopic (exact) mass is 373 g/mol. The van der Waals surface area contributed by atoms with Gasteiger partial charge in [-0.2, -0.15) is 8.78 Å². The second kappa shape index (κ2) is 13.5. The Labute approximate surface area is 144 Å². The Hall–Kier alpha value is -1.76. The van der Waals surface area contributed by atoms with Gasteiger partial charge in [-0.15, -0.1) is 0 Å². The molecule has 0 rings (SSSR count). The lowest BCUT2D eigenvalue weighted by molar-refractivity contribution is -0.260. The van der Waals surface area contributed by atoms with Gasteiger partial charge in [-0.3, -0.25) is 5.32 Å². The van der Waals surface area contributed by atoms with Crippen LogP contribution in [0, 0.1) is 0 Å². The minimum absolute atomic E-state index is 0.00904. The Morgan fingerprint density at radius 2 is 1.72 bits per heavy atom. The molecule has 12 heteroatoms. The van der Waals surface area contributed by atoms with Crippen LogP contribution in [0.25, 0.3) is 0 Å². The van der Waals surface area contributed by atoms with Crippen LogP contribution in [-0.4, -0.2) is 71.5 Å². The quantitative estimate of drug-likeness (QED) is 0.317. The van der Waals surface area contributed by atoms with Gasteiger partial charge in [0.25, 0.3) is 0 Å². The fourth-order valence-electron chi connectivity index (χ4n) is 1.25. The molecule has 0 aromatic rings. The van der Waals surface area contributed by atoms with Gasteiger partial charge < -0.3 is 34.3 Å². The van der Waals surface area contributed by atoms with Gasteiger partial charge in [-0.05, 0) is 13.8 Å². The van der Waals surface area contributed by atoms with Crippen molar-refractivity contribution in [3.8, 4) is 0 Å². The number of amides is 2. The second-order valence-electron chi connectivity index (χ2n) is 4.33. The van der Waals surface area contributed by atoms with Crippen molar-refractivity contribution >= 4 is 12.2 Å². The first kappa shape index (κ1) is 23.2. The highest BCUT2D eigenvalue weighted by molar-refractivity contribution is 5.70. The van der Waals surface area contributed by atoms with Crippen LogP contribution in [0.15, 0.2) is 0 Å². The number of rotatable bonds is 13. The summed E-state index contributed by atoms with van der Waals surface area (Å²) in [6.45, 7) is 2.33. The molecule has 0 saturated carbocycles. The molecule has 2 amide bonds. The normalized spacial score (nSPS) is 12.4. The summed E-state index contributed by atoms with van der Waals surface area (Å²) >= 11 is 0. The fourth-order valence-corrected chi connectivity index (χ4v) is 1.25. The van der Waals surface area contributed by atoms with Gasteiger partial charge in [-0.1, -0.05) is 0 Å². The maximum Gasteiger partial charge on any atom is 0.408 e. The predicted octanol–water partition coefficient (Wildman–Crippen LogP) is 0.582. The highest BCUT2D eigenvalue weighted by Gasteiger charge is 2.30. The minimum atomic E-state index is -3.47. The van der Waals surface area contributed by atoms with Crippen LogP contribution in [-0.2, 0) is 23.7 Å². The zero-order valence-electron chi connectivity index (χ0n) is 14.4. The van der Waals surface area contributed by atoms with Crippen LogP contribution in [0.3, 0.4) is 0 Å². The molecule has 0 fully saturated rings. The van der Waals surface area contributed by atoms with Crippen LogP contribution >= 0.6 is 0 Å². The maximum atomic E-state index is 13.0. The zero-order chi connectivity index (χ0) is 19.1. The number of alkyl halides is 2. The summed E-state index contributed by atoms with van der Waals surface area (Å²) in [5, 5.41) is 7.09. The van der Waals surface area contributed by atoms with Gasteiger partial charge in [0.05, 0.1) is 20.0 Å². The Kier molecular flexibility index (Phi) is 12.6. The van der Waals surface area contributed by atoms with Crippen LogP contribution in [0.5, 0.6) is 0 Å². The zero-order valence-corrected chi connectivity index (χ0v) is 14.4. The van der Waals surface area contributed by atoms with Gasteiger partial charge in [-0.25, -0.2) is 9.59 Å². The van der Waals surface area contributed by atoms with E-state index in [2.05, 4.69) is 25.4 Å². The maximum absolute atomic E-state index is 13.0. The number of hydrogen-bond acceptors (Lipinski definition) is 8. The summed E-state index contributed by atoms with van der Waals surface area (Å²) in [6.07, 6.45) is -6.11. The lowest BCUT2D eigenvalue weighted by Gasteiger charge is -2.22. The minimum Gasteiger partial charge on any atom is -0.450 e. The Morgan fingerprint density at radius 3 is 2.28 bits per heavy atom. The van der Waals surface area contributed by atoms with Gasteiger partial charge in [0.2, 0.25) is 0 Å². The Morgan fingerprint density at radius 1 is 1.08 bits per heavy atom. The number of methoxy groups -OCH3 is 1. The third kappa shape index (κ3) is 13.2. The molecular formula is C13H25F2N3O7. The fraction of sp³-hybridized carbons (Fsp3) is 0.846. The van der Waals surface area contributed by atoms with Gasteiger partial charge in [0.15, 0.2) is 0 Å². The van der Waals surface area contributed by atoms with Gasteiger partial charge in [0.1, 0.15) is 19.4 Å². The van der Waals surface area contributed by atoms with Crippen molar-refractivity contribution in [1.82, 2.24) is 16.0 Å². The number of hydrogen-bond donors (Lipinski definition) is 3. The summed E-state index contributed by atoms with van der Waals surface area (Å²) in [7, 11) is 0.840. The molecule has 0 aliphatic heterocycles. The number of halogens is 2. The number of alkyl carbamates (subject to hydrolysis) is 2. The average molecular weight is 373 g/mol. The summed E-state index contributed by atoms with van der Waals surface area (Å²) < 4.78 is 49.3. The van der Waals surface area contributed by atoms with Gasteiger partial charge >= 0.3 is 18.3 Å². The van der Waals surface area contributed by atoms with E-state index >= 15 is 0 Å². The molecule has 0 heterocycles. The molecule has 148 valence electrons. The summed E-state index contributed by atoms with van der Waals surface area (Å²) in [5.41, 5.74) is 0. The SMILES string of the molecule is CCOCNC(COC(=O)NCNC(=O)OCC)OCC(F)(F)OC. The summed E-state index contributed by atoms with van der Waals surface area (Å²) in [5.74, 6) is 0. The highest BCUT2D eigenvalue weighted by Crippen LogP contribution is 2.14. The second-order valence-corrected chi connectivity index (χ2v) is 4.33. The van der Waals surface area contributed by atoms with E-state index in [1.54, 1.807) is 13.8 Å². The van der Waals surface area contributed by atoms with Crippen LogP contribution < -0.4 is 16.0 Å². The Balaban J connectivity index is 4.16. The number of carbonyl (C=O) groups excluding carboxylic acids is 2. The molecule has 1 atom stereocenters. The molecule has 0 radical (unpaired) electrons. The molecule has 1 unspecified atom stereocenters. The Bertz CT molecular complexity index is 389. The molecule has 0 aromatic heterocycles. The number of ether oxygens (including phenoxy) is 5. The largest absolute Gasteiger partial charge is 0.450 e. The van der Waals surface area contributed by atoms with E-state index < -0.39 is 31.1 Å². The third-order valence-corrected chi connectivity index (χ3v) is 2.48. The van der Waals surface area contributed by atoms with Crippen molar-refractivity contribution in [2.24, 2.45) is 0 Å². The summed E-state index contributed by atoms with van der Waals surface area (Å²) in [6, 6.07) is 0. The molecule has 0 saturated heterocycles. The number of nitrogens with one attached hydrogen (secondary N) is 3. The van der Waals surface area contributed by atoms with Crippen LogP contribution in [0.1, 0.15) is 13.8 Å². The van der Waals surface area contributed by atoms with E-state index in [1.807, 2.05) is 0 Å². The lowest BCUT2D eigenvalue weighted by atomic mass is 10.5. The van der Waals surface area contributed by atoms with E-state index in [9.17, 15) is 18.4 Å². The first-order chi connectivity index (χ1) is 11.8.